The monoisotopic (exact) mass is 235 g/mol. The first kappa shape index (κ1) is 10.7. The van der Waals surface area contributed by atoms with Gasteiger partial charge in [0.05, 0.1) is 6.54 Å². The first-order chi connectivity index (χ1) is 8.93. The van der Waals surface area contributed by atoms with Gasteiger partial charge in [0.1, 0.15) is 6.33 Å². The lowest BCUT2D eigenvalue weighted by molar-refractivity contribution is 0.803. The Balaban J connectivity index is 1.93. The van der Waals surface area contributed by atoms with Gasteiger partial charge in [-0.05, 0) is 5.56 Å². The Hall–Kier alpha value is -2.42. The van der Waals surface area contributed by atoms with Crippen molar-refractivity contribution >= 4 is 0 Å². The molecule has 18 heavy (non-hydrogen) atoms. The molecule has 0 aliphatic rings. The number of benzene rings is 2. The van der Waals surface area contributed by atoms with E-state index >= 15 is 0 Å². The Labute approximate surface area is 106 Å². The van der Waals surface area contributed by atoms with Crippen LogP contribution in [0.3, 0.4) is 0 Å². The van der Waals surface area contributed by atoms with Gasteiger partial charge >= 0.3 is 0 Å². The van der Waals surface area contributed by atoms with Crippen LogP contribution < -0.4 is 0 Å². The number of rotatable bonds is 3. The molecule has 3 rings (SSSR count). The van der Waals surface area contributed by atoms with Gasteiger partial charge in [-0.25, -0.2) is 0 Å². The lowest BCUT2D eigenvalue weighted by Gasteiger charge is -2.06. The first-order valence-electron chi connectivity index (χ1n) is 5.90. The highest BCUT2D eigenvalue weighted by atomic mass is 15.3. The predicted molar refractivity (Wildman–Crippen MR) is 71.0 cm³/mol. The summed E-state index contributed by atoms with van der Waals surface area (Å²) in [4.78, 5) is 0. The molecular weight excluding hydrogens is 222 g/mol. The molecule has 0 unspecified atom stereocenters. The second-order valence-corrected chi connectivity index (χ2v) is 4.13. The zero-order valence-corrected chi connectivity index (χ0v) is 9.90. The molecule has 88 valence electrons. The predicted octanol–water partition coefficient (Wildman–Crippen LogP) is 2.99. The Bertz CT molecular complexity index is 615. The third-order valence-corrected chi connectivity index (χ3v) is 2.84. The second-order valence-electron chi connectivity index (χ2n) is 4.13. The molecule has 0 spiro atoms. The molecule has 0 radical (unpaired) electrons. The summed E-state index contributed by atoms with van der Waals surface area (Å²) in [5.41, 5.74) is 2.33. The average Bonchev–Trinajstić information content (AvgIpc) is 2.89. The molecule has 0 aliphatic carbocycles. The van der Waals surface area contributed by atoms with Crippen LogP contribution in [-0.4, -0.2) is 14.8 Å². The van der Waals surface area contributed by atoms with E-state index in [1.54, 1.807) is 6.33 Å². The fourth-order valence-electron chi connectivity index (χ4n) is 1.96. The lowest BCUT2D eigenvalue weighted by Crippen LogP contribution is -2.00. The molecule has 0 bridgehead atoms. The maximum absolute atomic E-state index is 4.20. The van der Waals surface area contributed by atoms with Crippen molar-refractivity contribution in [2.75, 3.05) is 0 Å². The van der Waals surface area contributed by atoms with Crippen molar-refractivity contribution in [2.45, 2.75) is 6.54 Å². The zero-order chi connectivity index (χ0) is 12.2. The van der Waals surface area contributed by atoms with Gasteiger partial charge in [0.15, 0.2) is 5.82 Å². The van der Waals surface area contributed by atoms with E-state index < -0.39 is 0 Å². The number of hydrogen-bond donors (Lipinski definition) is 0. The molecule has 1 aromatic heterocycles. The van der Waals surface area contributed by atoms with Crippen LogP contribution in [0.1, 0.15) is 5.56 Å². The highest BCUT2D eigenvalue weighted by molar-refractivity contribution is 5.54. The minimum absolute atomic E-state index is 0.790. The summed E-state index contributed by atoms with van der Waals surface area (Å²) in [5.74, 6) is 0.902. The van der Waals surface area contributed by atoms with Crippen molar-refractivity contribution in [1.29, 1.82) is 0 Å². The minimum atomic E-state index is 0.790. The van der Waals surface area contributed by atoms with Crippen LogP contribution in [0, 0.1) is 0 Å². The molecule has 0 N–H and O–H groups in total. The Morgan fingerprint density at radius 2 is 1.50 bits per heavy atom. The Kier molecular flexibility index (Phi) is 2.88. The largest absolute Gasteiger partial charge is 0.309 e. The molecule has 3 aromatic rings. The van der Waals surface area contributed by atoms with Crippen molar-refractivity contribution in [2.24, 2.45) is 0 Å². The molecule has 2 aromatic carbocycles. The van der Waals surface area contributed by atoms with E-state index in [1.165, 1.54) is 5.56 Å². The van der Waals surface area contributed by atoms with Crippen molar-refractivity contribution in [3.63, 3.8) is 0 Å². The summed E-state index contributed by atoms with van der Waals surface area (Å²) in [6, 6.07) is 20.4. The molecule has 0 atom stereocenters. The van der Waals surface area contributed by atoms with Crippen LogP contribution in [0.25, 0.3) is 11.4 Å². The smallest absolute Gasteiger partial charge is 0.164 e. The number of aromatic nitrogens is 3. The van der Waals surface area contributed by atoms with Gasteiger partial charge in [0.2, 0.25) is 0 Å². The van der Waals surface area contributed by atoms with E-state index in [4.69, 9.17) is 0 Å². The van der Waals surface area contributed by atoms with Crippen LogP contribution in [0.4, 0.5) is 0 Å². The molecule has 0 aliphatic heterocycles. The quantitative estimate of drug-likeness (QED) is 0.698. The highest BCUT2D eigenvalue weighted by Gasteiger charge is 2.06. The Morgan fingerprint density at radius 3 is 2.22 bits per heavy atom. The summed E-state index contributed by atoms with van der Waals surface area (Å²) in [7, 11) is 0. The van der Waals surface area contributed by atoms with Crippen LogP contribution in [0.2, 0.25) is 0 Å². The van der Waals surface area contributed by atoms with Gasteiger partial charge in [0.25, 0.3) is 0 Å². The van der Waals surface area contributed by atoms with Gasteiger partial charge in [-0.2, -0.15) is 0 Å². The fraction of sp³-hybridized carbons (Fsp3) is 0.0667. The summed E-state index contributed by atoms with van der Waals surface area (Å²) in [6.07, 6.45) is 1.77. The van der Waals surface area contributed by atoms with Crippen LogP contribution >= 0.6 is 0 Å². The van der Waals surface area contributed by atoms with Crippen LogP contribution in [-0.2, 0) is 6.54 Å². The summed E-state index contributed by atoms with van der Waals surface area (Å²) >= 11 is 0. The van der Waals surface area contributed by atoms with Gasteiger partial charge in [-0.1, -0.05) is 60.7 Å². The first-order valence-corrected chi connectivity index (χ1v) is 5.90. The van der Waals surface area contributed by atoms with Crippen molar-refractivity contribution in [3.8, 4) is 11.4 Å². The SMILES string of the molecule is c1ccc(Cn2cnnc2-c2ccccc2)cc1. The standard InChI is InChI=1S/C15H13N3/c1-3-7-13(8-4-1)11-18-12-16-17-15(18)14-9-5-2-6-10-14/h1-10,12H,11H2. The van der Waals surface area contributed by atoms with Gasteiger partial charge in [-0.3, -0.25) is 0 Å². The third kappa shape index (κ3) is 2.15. The van der Waals surface area contributed by atoms with E-state index in [2.05, 4.69) is 26.9 Å². The zero-order valence-electron chi connectivity index (χ0n) is 9.90. The summed E-state index contributed by atoms with van der Waals surface area (Å²) in [6.45, 7) is 0.790. The topological polar surface area (TPSA) is 30.7 Å². The molecular formula is C15H13N3. The second kappa shape index (κ2) is 4.84. The lowest BCUT2D eigenvalue weighted by atomic mass is 10.2. The van der Waals surface area contributed by atoms with E-state index in [1.807, 2.05) is 48.5 Å². The molecule has 3 heteroatoms. The normalized spacial score (nSPS) is 10.4. The molecule has 0 fully saturated rings. The highest BCUT2D eigenvalue weighted by Crippen LogP contribution is 2.16. The van der Waals surface area contributed by atoms with Crippen LogP contribution in [0.5, 0.6) is 0 Å². The third-order valence-electron chi connectivity index (χ3n) is 2.84. The molecule has 3 nitrogen and oxygen atoms in total. The minimum Gasteiger partial charge on any atom is -0.309 e. The van der Waals surface area contributed by atoms with Gasteiger partial charge < -0.3 is 4.57 Å². The van der Waals surface area contributed by atoms with Crippen molar-refractivity contribution < 1.29 is 0 Å². The van der Waals surface area contributed by atoms with E-state index in [9.17, 15) is 0 Å². The van der Waals surface area contributed by atoms with Crippen LogP contribution in [0.15, 0.2) is 67.0 Å². The fourth-order valence-corrected chi connectivity index (χ4v) is 1.96. The summed E-state index contributed by atoms with van der Waals surface area (Å²) < 4.78 is 2.06. The maximum atomic E-state index is 4.20. The molecule has 0 amide bonds. The average molecular weight is 235 g/mol. The number of hydrogen-bond acceptors (Lipinski definition) is 2. The maximum Gasteiger partial charge on any atom is 0.164 e. The van der Waals surface area contributed by atoms with E-state index in [0.717, 1.165) is 17.9 Å². The van der Waals surface area contributed by atoms with Gasteiger partial charge in [0, 0.05) is 5.56 Å². The molecule has 0 saturated heterocycles. The van der Waals surface area contributed by atoms with Crippen molar-refractivity contribution in [3.05, 3.63) is 72.6 Å². The van der Waals surface area contributed by atoms with Gasteiger partial charge in [-0.15, -0.1) is 10.2 Å². The molecule has 0 saturated carbocycles. The van der Waals surface area contributed by atoms with Crippen molar-refractivity contribution in [1.82, 2.24) is 14.8 Å². The Morgan fingerprint density at radius 1 is 0.833 bits per heavy atom. The van der Waals surface area contributed by atoms with E-state index in [-0.39, 0.29) is 0 Å². The summed E-state index contributed by atoms with van der Waals surface area (Å²) in [5, 5.41) is 8.20. The number of nitrogens with zero attached hydrogens (tertiary/aromatic N) is 3. The van der Waals surface area contributed by atoms with E-state index in [0.29, 0.717) is 0 Å². The molecule has 1 heterocycles.